The molecule has 3 rings (SSSR count). The van der Waals surface area contributed by atoms with Gasteiger partial charge in [-0.25, -0.2) is 0 Å². The molecule has 5 nitrogen and oxygen atoms in total. The van der Waals surface area contributed by atoms with Gasteiger partial charge in [0.2, 0.25) is 0 Å². The van der Waals surface area contributed by atoms with Crippen molar-refractivity contribution in [1.29, 1.82) is 0 Å². The van der Waals surface area contributed by atoms with Gasteiger partial charge in [-0.1, -0.05) is 23.7 Å². The average molecular weight is 276 g/mol. The summed E-state index contributed by atoms with van der Waals surface area (Å²) in [5, 5.41) is 11.7. The smallest absolute Gasteiger partial charge is 0.293 e. The molecular weight excluding hydrogens is 266 g/mol. The Kier molecular flexibility index (Phi) is 2.64. The number of aromatic nitrogens is 1. The summed E-state index contributed by atoms with van der Waals surface area (Å²) >= 11 is 5.94. The molecule has 2 heterocycles. The van der Waals surface area contributed by atoms with Crippen molar-refractivity contribution >= 4 is 23.0 Å². The molecule has 1 aliphatic heterocycles. The lowest BCUT2D eigenvalue weighted by atomic mass is 9.98. The van der Waals surface area contributed by atoms with E-state index < -0.39 is 0 Å². The highest BCUT2D eigenvalue weighted by atomic mass is 35.5. The molecule has 19 heavy (non-hydrogen) atoms. The zero-order chi connectivity index (χ0) is 13.6. The normalized spacial score (nSPS) is 12.8. The maximum atomic E-state index is 11.1. The Morgan fingerprint density at radius 3 is 3.00 bits per heavy atom. The summed E-state index contributed by atoms with van der Waals surface area (Å²) in [5.74, 6) is 0. The molecule has 0 amide bonds. The van der Waals surface area contributed by atoms with Crippen LogP contribution in [0.3, 0.4) is 0 Å². The summed E-state index contributed by atoms with van der Waals surface area (Å²) in [6.07, 6.45) is 1.56. The fourth-order valence-electron chi connectivity index (χ4n) is 2.45. The molecule has 0 atom stereocenters. The SMILES string of the molecule is CN1Cc2cc(Cl)cnc2-c2cccc([N+](=O)[O-])c21. The summed E-state index contributed by atoms with van der Waals surface area (Å²) in [7, 11) is 1.83. The molecule has 0 saturated carbocycles. The van der Waals surface area contributed by atoms with Crippen LogP contribution in [0.15, 0.2) is 30.5 Å². The van der Waals surface area contributed by atoms with Crippen LogP contribution in [0, 0.1) is 10.1 Å². The van der Waals surface area contributed by atoms with Crippen LogP contribution in [0.1, 0.15) is 5.56 Å². The van der Waals surface area contributed by atoms with Gasteiger partial charge in [0.1, 0.15) is 5.69 Å². The number of fused-ring (bicyclic) bond motifs is 3. The molecule has 0 radical (unpaired) electrons. The number of hydrogen-bond donors (Lipinski definition) is 0. The minimum Gasteiger partial charge on any atom is -0.364 e. The van der Waals surface area contributed by atoms with Crippen molar-refractivity contribution in [2.45, 2.75) is 6.54 Å². The predicted molar refractivity (Wildman–Crippen MR) is 73.4 cm³/mol. The second-order valence-corrected chi connectivity index (χ2v) is 4.88. The Labute approximate surface area is 114 Å². The van der Waals surface area contributed by atoms with E-state index in [1.165, 1.54) is 6.07 Å². The Hall–Kier alpha value is -2.14. The van der Waals surface area contributed by atoms with Crippen molar-refractivity contribution in [3.05, 3.63) is 51.2 Å². The van der Waals surface area contributed by atoms with Gasteiger partial charge < -0.3 is 4.90 Å². The molecule has 0 spiro atoms. The zero-order valence-corrected chi connectivity index (χ0v) is 10.9. The fourth-order valence-corrected chi connectivity index (χ4v) is 2.63. The van der Waals surface area contributed by atoms with Crippen LogP contribution in [-0.2, 0) is 6.54 Å². The van der Waals surface area contributed by atoms with E-state index in [9.17, 15) is 10.1 Å². The lowest BCUT2D eigenvalue weighted by Crippen LogP contribution is -2.23. The van der Waals surface area contributed by atoms with Crippen molar-refractivity contribution < 1.29 is 4.92 Å². The number of nitrogens with zero attached hydrogens (tertiary/aromatic N) is 3. The minimum atomic E-state index is -0.365. The Morgan fingerprint density at radius 2 is 2.26 bits per heavy atom. The largest absolute Gasteiger partial charge is 0.364 e. The topological polar surface area (TPSA) is 59.3 Å². The van der Waals surface area contributed by atoms with E-state index in [1.807, 2.05) is 24.1 Å². The first-order chi connectivity index (χ1) is 9.08. The molecule has 1 aromatic carbocycles. The number of para-hydroxylation sites is 1. The fraction of sp³-hybridized carbons (Fsp3) is 0.154. The van der Waals surface area contributed by atoms with E-state index in [-0.39, 0.29) is 10.6 Å². The van der Waals surface area contributed by atoms with Crippen LogP contribution >= 0.6 is 11.6 Å². The Morgan fingerprint density at radius 1 is 1.47 bits per heavy atom. The average Bonchev–Trinajstić information content (AvgIpc) is 2.37. The Bertz CT molecular complexity index is 688. The zero-order valence-electron chi connectivity index (χ0n) is 10.1. The third-order valence-corrected chi connectivity index (χ3v) is 3.40. The number of anilines is 1. The second-order valence-electron chi connectivity index (χ2n) is 4.45. The lowest BCUT2D eigenvalue weighted by molar-refractivity contribution is -0.384. The molecule has 0 bridgehead atoms. The maximum absolute atomic E-state index is 11.1. The molecule has 6 heteroatoms. The molecule has 0 aliphatic carbocycles. The highest BCUT2D eigenvalue weighted by Crippen LogP contribution is 2.42. The van der Waals surface area contributed by atoms with Crippen LogP contribution in [-0.4, -0.2) is 17.0 Å². The van der Waals surface area contributed by atoms with Crippen molar-refractivity contribution in [1.82, 2.24) is 4.98 Å². The first-order valence-corrected chi connectivity index (χ1v) is 6.09. The second kappa shape index (κ2) is 4.20. The van der Waals surface area contributed by atoms with E-state index >= 15 is 0 Å². The first-order valence-electron chi connectivity index (χ1n) is 5.71. The number of nitro benzene ring substituents is 1. The van der Waals surface area contributed by atoms with E-state index in [0.29, 0.717) is 17.3 Å². The van der Waals surface area contributed by atoms with Gasteiger partial charge in [-0.2, -0.15) is 0 Å². The summed E-state index contributed by atoms with van der Waals surface area (Å²) in [6, 6.07) is 6.88. The first kappa shape index (κ1) is 11.9. The standard InChI is InChI=1S/C13H10ClN3O2/c1-16-7-8-5-9(14)6-15-12(8)10-3-2-4-11(13(10)16)17(18)19/h2-6H,7H2,1H3. The molecule has 1 aromatic heterocycles. The van der Waals surface area contributed by atoms with Crippen LogP contribution in [0.2, 0.25) is 5.02 Å². The van der Waals surface area contributed by atoms with E-state index in [0.717, 1.165) is 16.8 Å². The van der Waals surface area contributed by atoms with E-state index in [1.54, 1.807) is 12.3 Å². The van der Waals surface area contributed by atoms with Gasteiger partial charge in [0, 0.05) is 31.4 Å². The lowest BCUT2D eigenvalue weighted by Gasteiger charge is -2.28. The van der Waals surface area contributed by atoms with Crippen LogP contribution in [0.4, 0.5) is 11.4 Å². The number of halogens is 1. The van der Waals surface area contributed by atoms with Crippen molar-refractivity contribution in [2.75, 3.05) is 11.9 Å². The monoisotopic (exact) mass is 275 g/mol. The molecule has 0 N–H and O–H groups in total. The Balaban J connectivity index is 2.30. The number of benzene rings is 1. The van der Waals surface area contributed by atoms with Gasteiger partial charge in [0.05, 0.1) is 15.6 Å². The number of rotatable bonds is 1. The molecule has 0 saturated heterocycles. The molecule has 2 aromatic rings. The van der Waals surface area contributed by atoms with Crippen LogP contribution in [0.5, 0.6) is 0 Å². The third kappa shape index (κ3) is 1.82. The number of pyridine rings is 1. The van der Waals surface area contributed by atoms with Crippen LogP contribution < -0.4 is 4.90 Å². The van der Waals surface area contributed by atoms with Gasteiger partial charge in [-0.3, -0.25) is 15.1 Å². The van der Waals surface area contributed by atoms with Gasteiger partial charge in [-0.05, 0) is 11.6 Å². The summed E-state index contributed by atoms with van der Waals surface area (Å²) in [4.78, 5) is 16.9. The molecule has 0 fully saturated rings. The van der Waals surface area contributed by atoms with Crippen LogP contribution in [0.25, 0.3) is 11.3 Å². The molecule has 1 aliphatic rings. The summed E-state index contributed by atoms with van der Waals surface area (Å²) in [5.41, 5.74) is 3.22. The van der Waals surface area contributed by atoms with Crippen molar-refractivity contribution in [3.63, 3.8) is 0 Å². The number of nitro groups is 1. The summed E-state index contributed by atoms with van der Waals surface area (Å²) < 4.78 is 0. The molecular formula is C13H10ClN3O2. The van der Waals surface area contributed by atoms with E-state index in [2.05, 4.69) is 4.98 Å². The number of hydrogen-bond acceptors (Lipinski definition) is 4. The molecule has 96 valence electrons. The van der Waals surface area contributed by atoms with Gasteiger partial charge in [0.15, 0.2) is 0 Å². The third-order valence-electron chi connectivity index (χ3n) is 3.19. The predicted octanol–water partition coefficient (Wildman–Crippen LogP) is 3.26. The highest BCUT2D eigenvalue weighted by molar-refractivity contribution is 6.30. The maximum Gasteiger partial charge on any atom is 0.293 e. The summed E-state index contributed by atoms with van der Waals surface area (Å²) in [6.45, 7) is 0.556. The van der Waals surface area contributed by atoms with Gasteiger partial charge in [0.25, 0.3) is 5.69 Å². The van der Waals surface area contributed by atoms with Gasteiger partial charge in [-0.15, -0.1) is 0 Å². The van der Waals surface area contributed by atoms with Gasteiger partial charge >= 0.3 is 0 Å². The van der Waals surface area contributed by atoms with Crippen molar-refractivity contribution in [3.8, 4) is 11.3 Å². The minimum absolute atomic E-state index is 0.0994. The van der Waals surface area contributed by atoms with Crippen molar-refractivity contribution in [2.24, 2.45) is 0 Å². The quantitative estimate of drug-likeness (QED) is 0.592. The van der Waals surface area contributed by atoms with E-state index in [4.69, 9.17) is 11.6 Å². The molecule has 0 unspecified atom stereocenters. The highest BCUT2D eigenvalue weighted by Gasteiger charge is 2.28.